The minimum Gasteiger partial charge on any atom is -0.338 e. The fraction of sp³-hybridized carbons (Fsp3) is 0.714. The Bertz CT molecular complexity index is 414. The molecule has 1 aromatic heterocycles. The first-order chi connectivity index (χ1) is 9.02. The third-order valence-electron chi connectivity index (χ3n) is 3.95. The van der Waals surface area contributed by atoms with Crippen molar-refractivity contribution < 1.29 is 0 Å². The Hall–Kier alpha value is -1.20. The molecule has 5 nitrogen and oxygen atoms in total. The highest BCUT2D eigenvalue weighted by Crippen LogP contribution is 2.23. The van der Waals surface area contributed by atoms with Crippen LogP contribution in [-0.4, -0.2) is 54.6 Å². The molecule has 1 saturated heterocycles. The molecule has 1 aliphatic heterocycles. The van der Waals surface area contributed by atoms with Crippen LogP contribution in [-0.2, 0) is 0 Å². The minimum atomic E-state index is 0.321. The average Bonchev–Trinajstić information content (AvgIpc) is 2.38. The fourth-order valence-corrected chi connectivity index (χ4v) is 2.69. The number of nitrogens with two attached hydrogens (primary N) is 1. The Morgan fingerprint density at radius 2 is 1.63 bits per heavy atom. The predicted octanol–water partition coefficient (Wildman–Crippen LogP) is 0.907. The van der Waals surface area contributed by atoms with Gasteiger partial charge in [0.15, 0.2) is 0 Å². The molecule has 106 valence electrons. The van der Waals surface area contributed by atoms with Crippen molar-refractivity contribution in [3.8, 4) is 0 Å². The summed E-state index contributed by atoms with van der Waals surface area (Å²) in [4.78, 5) is 14.0. The highest BCUT2D eigenvalue weighted by molar-refractivity contribution is 5.38. The van der Waals surface area contributed by atoms with E-state index in [2.05, 4.69) is 37.6 Å². The van der Waals surface area contributed by atoms with E-state index in [9.17, 15) is 0 Å². The average molecular weight is 263 g/mol. The number of nitrogens with zero attached hydrogens (tertiary/aromatic N) is 4. The van der Waals surface area contributed by atoms with Crippen LogP contribution in [0.4, 0.5) is 5.95 Å². The van der Waals surface area contributed by atoms with E-state index < -0.39 is 0 Å². The Balaban J connectivity index is 2.24. The first-order valence-electron chi connectivity index (χ1n) is 7.01. The summed E-state index contributed by atoms with van der Waals surface area (Å²) >= 11 is 0. The van der Waals surface area contributed by atoms with E-state index >= 15 is 0 Å². The second-order valence-corrected chi connectivity index (χ2v) is 5.54. The maximum Gasteiger partial charge on any atom is 0.225 e. The molecular weight excluding hydrogens is 238 g/mol. The Kier molecular flexibility index (Phi) is 4.37. The van der Waals surface area contributed by atoms with Gasteiger partial charge in [0.1, 0.15) is 0 Å². The van der Waals surface area contributed by atoms with Gasteiger partial charge in [0, 0.05) is 37.6 Å². The first-order valence-corrected chi connectivity index (χ1v) is 7.01. The lowest BCUT2D eigenvalue weighted by Crippen LogP contribution is -2.45. The van der Waals surface area contributed by atoms with Gasteiger partial charge in [0.2, 0.25) is 5.95 Å². The zero-order valence-corrected chi connectivity index (χ0v) is 12.5. The van der Waals surface area contributed by atoms with Crippen molar-refractivity contribution in [1.82, 2.24) is 14.9 Å². The zero-order valence-electron chi connectivity index (χ0n) is 12.5. The maximum atomic E-state index is 5.77. The first kappa shape index (κ1) is 14.2. The second kappa shape index (κ2) is 5.84. The van der Waals surface area contributed by atoms with Crippen LogP contribution in [0.3, 0.4) is 0 Å². The normalized spacial score (nSPS) is 18.7. The fourth-order valence-electron chi connectivity index (χ4n) is 2.69. The van der Waals surface area contributed by atoms with Crippen molar-refractivity contribution in [3.05, 3.63) is 17.0 Å². The van der Waals surface area contributed by atoms with E-state index in [1.54, 1.807) is 0 Å². The molecule has 0 aromatic carbocycles. The van der Waals surface area contributed by atoms with Crippen molar-refractivity contribution in [2.24, 2.45) is 5.73 Å². The van der Waals surface area contributed by atoms with Crippen molar-refractivity contribution >= 4 is 5.95 Å². The van der Waals surface area contributed by atoms with Gasteiger partial charge in [-0.05, 0) is 38.9 Å². The Morgan fingerprint density at radius 1 is 1.11 bits per heavy atom. The molecular formula is C14H25N5. The van der Waals surface area contributed by atoms with E-state index in [1.807, 2.05) is 0 Å². The summed E-state index contributed by atoms with van der Waals surface area (Å²) in [6, 6.07) is 0. The van der Waals surface area contributed by atoms with E-state index in [1.165, 1.54) is 5.56 Å². The molecule has 2 heterocycles. The molecule has 1 fully saturated rings. The van der Waals surface area contributed by atoms with Crippen molar-refractivity contribution in [2.45, 2.75) is 26.7 Å². The standard InChI is InChI=1S/C14H25N5/c1-10(9-15)13-11(2)16-14(17-12(13)3)19-7-5-18(4)6-8-19/h10H,5-9,15H2,1-4H3. The van der Waals surface area contributed by atoms with Gasteiger partial charge in [0.25, 0.3) is 0 Å². The third-order valence-corrected chi connectivity index (χ3v) is 3.95. The van der Waals surface area contributed by atoms with Gasteiger partial charge < -0.3 is 15.5 Å². The highest BCUT2D eigenvalue weighted by atomic mass is 15.3. The third kappa shape index (κ3) is 3.04. The van der Waals surface area contributed by atoms with E-state index in [-0.39, 0.29) is 0 Å². The second-order valence-electron chi connectivity index (χ2n) is 5.54. The highest BCUT2D eigenvalue weighted by Gasteiger charge is 2.19. The summed E-state index contributed by atoms with van der Waals surface area (Å²) in [6.07, 6.45) is 0. The summed E-state index contributed by atoms with van der Waals surface area (Å²) in [7, 11) is 2.15. The van der Waals surface area contributed by atoms with Gasteiger partial charge >= 0.3 is 0 Å². The number of anilines is 1. The molecule has 1 unspecified atom stereocenters. The molecule has 0 aliphatic carbocycles. The van der Waals surface area contributed by atoms with Crippen LogP contribution in [0.1, 0.15) is 29.8 Å². The van der Waals surface area contributed by atoms with Crippen LogP contribution in [0.2, 0.25) is 0 Å². The summed E-state index contributed by atoms with van der Waals surface area (Å²) in [5, 5.41) is 0. The molecule has 1 aliphatic rings. The smallest absolute Gasteiger partial charge is 0.225 e. The van der Waals surface area contributed by atoms with Gasteiger partial charge in [-0.25, -0.2) is 9.97 Å². The Morgan fingerprint density at radius 3 is 2.11 bits per heavy atom. The molecule has 2 rings (SSSR count). The lowest BCUT2D eigenvalue weighted by Gasteiger charge is -2.33. The van der Waals surface area contributed by atoms with Gasteiger partial charge in [-0.15, -0.1) is 0 Å². The summed E-state index contributed by atoms with van der Waals surface area (Å²) in [6.45, 7) is 11.0. The summed E-state index contributed by atoms with van der Waals surface area (Å²) in [5.74, 6) is 1.19. The number of hydrogen-bond acceptors (Lipinski definition) is 5. The van der Waals surface area contributed by atoms with E-state index in [0.717, 1.165) is 43.5 Å². The molecule has 19 heavy (non-hydrogen) atoms. The van der Waals surface area contributed by atoms with Gasteiger partial charge in [-0.1, -0.05) is 6.92 Å². The van der Waals surface area contributed by atoms with Crippen LogP contribution in [0.25, 0.3) is 0 Å². The van der Waals surface area contributed by atoms with Crippen LogP contribution in [0.15, 0.2) is 0 Å². The number of rotatable bonds is 3. The maximum absolute atomic E-state index is 5.77. The number of aromatic nitrogens is 2. The molecule has 0 saturated carbocycles. The number of likely N-dealkylation sites (N-methyl/N-ethyl adjacent to an activating group) is 1. The molecule has 1 atom stereocenters. The number of aryl methyl sites for hydroxylation is 2. The van der Waals surface area contributed by atoms with E-state index in [0.29, 0.717) is 12.5 Å². The van der Waals surface area contributed by atoms with Crippen molar-refractivity contribution in [3.63, 3.8) is 0 Å². The van der Waals surface area contributed by atoms with Crippen LogP contribution >= 0.6 is 0 Å². The molecule has 0 bridgehead atoms. The quantitative estimate of drug-likeness (QED) is 0.878. The molecule has 0 spiro atoms. The van der Waals surface area contributed by atoms with Gasteiger partial charge in [-0.3, -0.25) is 0 Å². The predicted molar refractivity (Wildman–Crippen MR) is 78.7 cm³/mol. The number of hydrogen-bond donors (Lipinski definition) is 1. The molecule has 0 amide bonds. The monoisotopic (exact) mass is 263 g/mol. The molecule has 1 aromatic rings. The van der Waals surface area contributed by atoms with Gasteiger partial charge in [-0.2, -0.15) is 0 Å². The molecule has 2 N–H and O–H groups in total. The Labute approximate surface area is 115 Å². The lowest BCUT2D eigenvalue weighted by molar-refractivity contribution is 0.311. The SMILES string of the molecule is Cc1nc(N2CCN(C)CC2)nc(C)c1C(C)CN. The van der Waals surface area contributed by atoms with Crippen LogP contribution in [0, 0.1) is 13.8 Å². The van der Waals surface area contributed by atoms with Gasteiger partial charge in [0.05, 0.1) is 0 Å². The minimum absolute atomic E-state index is 0.321. The van der Waals surface area contributed by atoms with Crippen molar-refractivity contribution in [1.29, 1.82) is 0 Å². The lowest BCUT2D eigenvalue weighted by atomic mass is 9.98. The summed E-state index contributed by atoms with van der Waals surface area (Å²) < 4.78 is 0. The molecule has 5 heteroatoms. The topological polar surface area (TPSA) is 58.3 Å². The van der Waals surface area contributed by atoms with Crippen LogP contribution in [0.5, 0.6) is 0 Å². The zero-order chi connectivity index (χ0) is 14.0. The van der Waals surface area contributed by atoms with E-state index in [4.69, 9.17) is 15.7 Å². The largest absolute Gasteiger partial charge is 0.338 e. The number of piperazine rings is 1. The van der Waals surface area contributed by atoms with Crippen molar-refractivity contribution in [2.75, 3.05) is 44.7 Å². The summed E-state index contributed by atoms with van der Waals surface area (Å²) in [5.41, 5.74) is 9.11. The molecule has 0 radical (unpaired) electrons. The van der Waals surface area contributed by atoms with Crippen LogP contribution < -0.4 is 10.6 Å².